The molecule has 3 heterocycles. The van der Waals surface area contributed by atoms with Gasteiger partial charge in [-0.25, -0.2) is 19.9 Å². The van der Waals surface area contributed by atoms with Crippen LogP contribution in [0.5, 0.6) is 10.8 Å². The Kier molecular flexibility index (Phi) is 5.40. The lowest BCUT2D eigenvalue weighted by molar-refractivity contribution is 0.497. The van der Waals surface area contributed by atoms with Crippen molar-refractivity contribution in [2.45, 2.75) is 6.42 Å². The molecule has 0 aliphatic carbocycles. The van der Waals surface area contributed by atoms with Crippen LogP contribution in [0.2, 0.25) is 0 Å². The van der Waals surface area contributed by atoms with Crippen molar-refractivity contribution in [2.24, 2.45) is 0 Å². The van der Waals surface area contributed by atoms with Crippen LogP contribution in [0.3, 0.4) is 0 Å². The minimum atomic E-state index is 0.578. The van der Waals surface area contributed by atoms with Gasteiger partial charge in [-0.3, -0.25) is 0 Å². The number of nitrogens with one attached hydrogen (secondary N) is 1. The standard InChI is InChI=1S/C22H17N7OS/c1-2-4-16(5-3-1)18-22(31-29-28-18)30-17-8-6-15(7-9-17)10-11-24-20-19-21(27-14-26-20)25-13-12-23-19/h1-9,12-14H,10-11H2,(H,24,25,26,27). The van der Waals surface area contributed by atoms with Gasteiger partial charge in [0.15, 0.2) is 11.5 Å². The zero-order valence-electron chi connectivity index (χ0n) is 16.3. The van der Waals surface area contributed by atoms with E-state index in [1.165, 1.54) is 23.4 Å². The molecule has 0 saturated carbocycles. The third-order valence-corrected chi connectivity index (χ3v) is 5.22. The fourth-order valence-electron chi connectivity index (χ4n) is 3.10. The van der Waals surface area contributed by atoms with E-state index in [0.29, 0.717) is 28.6 Å². The number of rotatable bonds is 7. The van der Waals surface area contributed by atoms with E-state index in [-0.39, 0.29) is 0 Å². The molecular weight excluding hydrogens is 410 g/mol. The van der Waals surface area contributed by atoms with E-state index < -0.39 is 0 Å². The van der Waals surface area contributed by atoms with Crippen LogP contribution in [0.25, 0.3) is 22.4 Å². The fraction of sp³-hybridized carbons (Fsp3) is 0.0909. The quantitative estimate of drug-likeness (QED) is 0.408. The van der Waals surface area contributed by atoms with Gasteiger partial charge in [-0.1, -0.05) is 47.0 Å². The van der Waals surface area contributed by atoms with Gasteiger partial charge in [-0.05, 0) is 24.1 Å². The second-order valence-corrected chi connectivity index (χ2v) is 7.37. The van der Waals surface area contributed by atoms with Gasteiger partial charge in [0.2, 0.25) is 5.06 Å². The van der Waals surface area contributed by atoms with Gasteiger partial charge in [0.1, 0.15) is 23.3 Å². The molecule has 152 valence electrons. The molecule has 0 radical (unpaired) electrons. The Labute approximate surface area is 182 Å². The highest BCUT2D eigenvalue weighted by molar-refractivity contribution is 7.08. The van der Waals surface area contributed by atoms with Crippen LogP contribution in [0.15, 0.2) is 73.3 Å². The second-order valence-electron chi connectivity index (χ2n) is 6.65. The molecule has 0 aliphatic rings. The molecule has 0 atom stereocenters. The Morgan fingerprint density at radius 3 is 2.58 bits per heavy atom. The Hall–Kier alpha value is -3.98. The van der Waals surface area contributed by atoms with E-state index in [4.69, 9.17) is 4.74 Å². The summed E-state index contributed by atoms with van der Waals surface area (Å²) in [7, 11) is 0. The van der Waals surface area contributed by atoms with Crippen LogP contribution >= 0.6 is 11.5 Å². The van der Waals surface area contributed by atoms with Crippen molar-refractivity contribution in [3.63, 3.8) is 0 Å². The number of benzene rings is 2. The second kappa shape index (κ2) is 8.80. The topological polar surface area (TPSA) is 98.6 Å². The summed E-state index contributed by atoms with van der Waals surface area (Å²) in [4.78, 5) is 16.9. The summed E-state index contributed by atoms with van der Waals surface area (Å²) in [6, 6.07) is 17.9. The van der Waals surface area contributed by atoms with Crippen LogP contribution in [0.4, 0.5) is 5.82 Å². The minimum absolute atomic E-state index is 0.578. The van der Waals surface area contributed by atoms with Crippen molar-refractivity contribution in [1.82, 2.24) is 29.5 Å². The summed E-state index contributed by atoms with van der Waals surface area (Å²) in [6.07, 6.45) is 5.57. The molecule has 0 unspecified atom stereocenters. The molecule has 5 rings (SSSR count). The van der Waals surface area contributed by atoms with Gasteiger partial charge >= 0.3 is 0 Å². The van der Waals surface area contributed by atoms with Gasteiger partial charge < -0.3 is 10.1 Å². The van der Waals surface area contributed by atoms with Crippen molar-refractivity contribution in [3.05, 3.63) is 78.9 Å². The third-order valence-electron chi connectivity index (χ3n) is 4.62. The smallest absolute Gasteiger partial charge is 0.228 e. The molecule has 0 spiro atoms. The van der Waals surface area contributed by atoms with E-state index in [0.717, 1.165) is 23.4 Å². The Morgan fingerprint density at radius 1 is 0.871 bits per heavy atom. The van der Waals surface area contributed by atoms with Gasteiger partial charge in [-0.15, -0.1) is 5.10 Å². The number of hydrogen-bond donors (Lipinski definition) is 1. The lowest BCUT2D eigenvalue weighted by atomic mass is 10.1. The molecule has 2 aromatic carbocycles. The largest absolute Gasteiger partial charge is 0.443 e. The van der Waals surface area contributed by atoms with E-state index >= 15 is 0 Å². The Morgan fingerprint density at radius 2 is 1.71 bits per heavy atom. The van der Waals surface area contributed by atoms with Gasteiger partial charge in [0.05, 0.1) is 0 Å². The lowest BCUT2D eigenvalue weighted by Gasteiger charge is -2.08. The van der Waals surface area contributed by atoms with Gasteiger partial charge in [0, 0.05) is 36.0 Å². The first kappa shape index (κ1) is 19.0. The molecule has 1 N–H and O–H groups in total. The summed E-state index contributed by atoms with van der Waals surface area (Å²) in [5.74, 6) is 1.43. The number of aromatic nitrogens is 6. The summed E-state index contributed by atoms with van der Waals surface area (Å²) in [5.41, 5.74) is 4.15. The summed E-state index contributed by atoms with van der Waals surface area (Å²) >= 11 is 1.24. The molecule has 8 nitrogen and oxygen atoms in total. The maximum absolute atomic E-state index is 6.03. The Bertz CT molecular complexity index is 1290. The monoisotopic (exact) mass is 427 g/mol. The van der Waals surface area contributed by atoms with Crippen molar-refractivity contribution in [3.8, 4) is 22.1 Å². The highest BCUT2D eigenvalue weighted by Gasteiger charge is 2.12. The number of fused-ring (bicyclic) bond motifs is 1. The molecule has 0 aliphatic heterocycles. The number of hydrogen-bond acceptors (Lipinski definition) is 9. The van der Waals surface area contributed by atoms with E-state index in [1.807, 2.05) is 54.6 Å². The average molecular weight is 427 g/mol. The number of anilines is 1. The highest BCUT2D eigenvalue weighted by atomic mass is 32.1. The van der Waals surface area contributed by atoms with Crippen LogP contribution in [0, 0.1) is 0 Å². The zero-order valence-corrected chi connectivity index (χ0v) is 17.2. The maximum atomic E-state index is 6.03. The van der Waals surface area contributed by atoms with E-state index in [1.54, 1.807) is 12.4 Å². The molecular formula is C22H17N7OS. The van der Waals surface area contributed by atoms with Crippen LogP contribution in [-0.2, 0) is 6.42 Å². The molecule has 0 bridgehead atoms. The van der Waals surface area contributed by atoms with Crippen LogP contribution in [-0.4, -0.2) is 36.1 Å². The fourth-order valence-corrected chi connectivity index (χ4v) is 3.68. The van der Waals surface area contributed by atoms with E-state index in [2.05, 4.69) is 34.8 Å². The molecule has 0 amide bonds. The summed E-state index contributed by atoms with van der Waals surface area (Å²) < 4.78 is 10.1. The predicted octanol–water partition coefficient (Wildman–Crippen LogP) is 4.39. The molecule has 3 aromatic heterocycles. The summed E-state index contributed by atoms with van der Waals surface area (Å²) in [5, 5.41) is 8.20. The predicted molar refractivity (Wildman–Crippen MR) is 119 cm³/mol. The van der Waals surface area contributed by atoms with Gasteiger partial charge in [-0.2, -0.15) is 0 Å². The average Bonchev–Trinajstić information content (AvgIpc) is 3.29. The number of nitrogens with zero attached hydrogens (tertiary/aromatic N) is 6. The highest BCUT2D eigenvalue weighted by Crippen LogP contribution is 2.34. The van der Waals surface area contributed by atoms with Gasteiger partial charge in [0.25, 0.3) is 0 Å². The first-order valence-electron chi connectivity index (χ1n) is 9.67. The van der Waals surface area contributed by atoms with Crippen molar-refractivity contribution >= 4 is 28.5 Å². The lowest BCUT2D eigenvalue weighted by Crippen LogP contribution is -2.07. The van der Waals surface area contributed by atoms with E-state index in [9.17, 15) is 0 Å². The Balaban J connectivity index is 1.22. The SMILES string of the molecule is c1ccc(-c2nnsc2Oc2ccc(CCNc3ncnc4nccnc34)cc2)cc1. The molecule has 0 saturated heterocycles. The molecule has 0 fully saturated rings. The van der Waals surface area contributed by atoms with Crippen molar-refractivity contribution in [1.29, 1.82) is 0 Å². The number of ether oxygens (including phenoxy) is 1. The molecule has 31 heavy (non-hydrogen) atoms. The molecule has 9 heteroatoms. The van der Waals surface area contributed by atoms with Crippen LogP contribution < -0.4 is 10.1 Å². The first-order chi connectivity index (χ1) is 15.4. The van der Waals surface area contributed by atoms with Crippen LogP contribution in [0.1, 0.15) is 5.56 Å². The minimum Gasteiger partial charge on any atom is -0.443 e. The molecule has 5 aromatic rings. The van der Waals surface area contributed by atoms with Crippen molar-refractivity contribution in [2.75, 3.05) is 11.9 Å². The normalized spacial score (nSPS) is 10.8. The zero-order chi connectivity index (χ0) is 20.9. The third kappa shape index (κ3) is 4.31. The maximum Gasteiger partial charge on any atom is 0.228 e. The summed E-state index contributed by atoms with van der Waals surface area (Å²) in [6.45, 7) is 0.708. The first-order valence-corrected chi connectivity index (χ1v) is 10.4. The van der Waals surface area contributed by atoms with Crippen molar-refractivity contribution < 1.29 is 4.74 Å².